The Morgan fingerprint density at radius 1 is 1.07 bits per heavy atom. The van der Waals surface area contributed by atoms with Crippen molar-refractivity contribution in [2.75, 3.05) is 16.8 Å². The van der Waals surface area contributed by atoms with Crippen molar-refractivity contribution in [3.63, 3.8) is 0 Å². The Bertz CT molecular complexity index is 876. The number of carbonyl (C=O) groups is 2. The zero-order valence-electron chi connectivity index (χ0n) is 16.8. The third-order valence-electron chi connectivity index (χ3n) is 4.99. The number of anilines is 2. The minimum Gasteiger partial charge on any atom is -0.322 e. The molecule has 27 heavy (non-hydrogen) atoms. The highest BCUT2D eigenvalue weighted by molar-refractivity contribution is 6.06. The number of fused-ring (bicyclic) bond motifs is 1. The molecule has 0 aromatic heterocycles. The van der Waals surface area contributed by atoms with Crippen molar-refractivity contribution in [2.24, 2.45) is 5.92 Å². The summed E-state index contributed by atoms with van der Waals surface area (Å²) in [5, 5.41) is 3.03. The highest BCUT2D eigenvalue weighted by Crippen LogP contribution is 2.31. The second-order valence-electron chi connectivity index (χ2n) is 7.97. The number of hydrogen-bond donors (Lipinski definition) is 1. The molecule has 0 aliphatic carbocycles. The van der Waals surface area contributed by atoms with Gasteiger partial charge in [0, 0.05) is 29.9 Å². The van der Waals surface area contributed by atoms with Crippen molar-refractivity contribution in [1.29, 1.82) is 0 Å². The number of aryl methyl sites for hydroxylation is 4. The molecule has 0 bridgehead atoms. The van der Waals surface area contributed by atoms with Crippen molar-refractivity contribution in [1.82, 2.24) is 0 Å². The number of benzene rings is 2. The van der Waals surface area contributed by atoms with Gasteiger partial charge in [-0.1, -0.05) is 31.5 Å². The smallest absolute Gasteiger partial charge is 0.256 e. The second-order valence-corrected chi connectivity index (χ2v) is 7.97. The summed E-state index contributed by atoms with van der Waals surface area (Å²) >= 11 is 0. The molecule has 2 aromatic rings. The van der Waals surface area contributed by atoms with Crippen LogP contribution in [0.2, 0.25) is 0 Å². The van der Waals surface area contributed by atoms with Gasteiger partial charge in [0.1, 0.15) is 0 Å². The van der Waals surface area contributed by atoms with Gasteiger partial charge in [-0.2, -0.15) is 0 Å². The summed E-state index contributed by atoms with van der Waals surface area (Å²) in [6, 6.07) is 9.92. The van der Waals surface area contributed by atoms with Gasteiger partial charge >= 0.3 is 0 Å². The standard InChI is InChI=1S/C23H28N2O2/c1-14(2)13-25-20-8-7-19(12-18(20)6-9-21(25)26)24-23(27)22-16(4)10-15(3)11-17(22)5/h7-8,10-12,14H,6,9,13H2,1-5H3,(H,24,27). The van der Waals surface area contributed by atoms with Crippen LogP contribution in [0.3, 0.4) is 0 Å². The molecule has 1 heterocycles. The van der Waals surface area contributed by atoms with Crippen molar-refractivity contribution in [3.8, 4) is 0 Å². The molecule has 0 fully saturated rings. The summed E-state index contributed by atoms with van der Waals surface area (Å²) in [6.07, 6.45) is 1.24. The Hall–Kier alpha value is -2.62. The number of carbonyl (C=O) groups excluding carboxylic acids is 2. The largest absolute Gasteiger partial charge is 0.322 e. The van der Waals surface area contributed by atoms with Crippen LogP contribution in [-0.2, 0) is 11.2 Å². The molecular weight excluding hydrogens is 336 g/mol. The lowest BCUT2D eigenvalue weighted by Crippen LogP contribution is -2.37. The van der Waals surface area contributed by atoms with Crippen LogP contribution in [-0.4, -0.2) is 18.4 Å². The maximum absolute atomic E-state index is 12.8. The summed E-state index contributed by atoms with van der Waals surface area (Å²) in [7, 11) is 0. The molecule has 3 rings (SSSR count). The number of nitrogens with zero attached hydrogens (tertiary/aromatic N) is 1. The van der Waals surface area contributed by atoms with E-state index in [1.807, 2.05) is 56.0 Å². The van der Waals surface area contributed by atoms with Crippen LogP contribution in [0, 0.1) is 26.7 Å². The SMILES string of the molecule is Cc1cc(C)c(C(=O)Nc2ccc3c(c2)CCC(=O)N3CC(C)C)c(C)c1. The van der Waals surface area contributed by atoms with E-state index in [1.165, 1.54) is 0 Å². The minimum atomic E-state index is -0.0872. The number of nitrogens with one attached hydrogen (secondary N) is 1. The molecule has 0 spiro atoms. The number of amides is 2. The van der Waals surface area contributed by atoms with Gasteiger partial charge in [0.05, 0.1) is 0 Å². The zero-order valence-corrected chi connectivity index (χ0v) is 16.8. The Balaban J connectivity index is 1.86. The number of hydrogen-bond acceptors (Lipinski definition) is 2. The van der Waals surface area contributed by atoms with E-state index in [0.717, 1.165) is 52.2 Å². The lowest BCUT2D eigenvalue weighted by atomic mass is 9.98. The summed E-state index contributed by atoms with van der Waals surface area (Å²) in [5.74, 6) is 0.501. The first-order valence-corrected chi connectivity index (χ1v) is 9.58. The topological polar surface area (TPSA) is 49.4 Å². The molecule has 0 saturated carbocycles. The van der Waals surface area contributed by atoms with Gasteiger partial charge in [-0.05, 0) is 68.0 Å². The molecule has 4 heteroatoms. The van der Waals surface area contributed by atoms with Crippen LogP contribution in [0.4, 0.5) is 11.4 Å². The third-order valence-corrected chi connectivity index (χ3v) is 4.99. The predicted molar refractivity (Wildman–Crippen MR) is 111 cm³/mol. The van der Waals surface area contributed by atoms with E-state index in [-0.39, 0.29) is 11.8 Å². The highest BCUT2D eigenvalue weighted by atomic mass is 16.2. The molecule has 4 nitrogen and oxygen atoms in total. The fourth-order valence-corrected chi connectivity index (χ4v) is 3.93. The van der Waals surface area contributed by atoms with Gasteiger partial charge in [-0.15, -0.1) is 0 Å². The fraction of sp³-hybridized carbons (Fsp3) is 0.391. The molecule has 0 radical (unpaired) electrons. The predicted octanol–water partition coefficient (Wildman–Crippen LogP) is 4.80. The van der Waals surface area contributed by atoms with Gasteiger partial charge < -0.3 is 10.2 Å². The van der Waals surface area contributed by atoms with E-state index >= 15 is 0 Å². The normalized spacial score (nSPS) is 13.7. The second kappa shape index (κ2) is 7.55. The van der Waals surface area contributed by atoms with Crippen LogP contribution in [0.5, 0.6) is 0 Å². The first kappa shape index (κ1) is 19.2. The quantitative estimate of drug-likeness (QED) is 0.847. The minimum absolute atomic E-state index is 0.0872. The van der Waals surface area contributed by atoms with Gasteiger partial charge in [0.25, 0.3) is 5.91 Å². The van der Waals surface area contributed by atoms with Gasteiger partial charge in [-0.25, -0.2) is 0 Å². The van der Waals surface area contributed by atoms with E-state index in [0.29, 0.717) is 12.3 Å². The maximum atomic E-state index is 12.8. The van der Waals surface area contributed by atoms with E-state index in [9.17, 15) is 9.59 Å². The molecule has 0 atom stereocenters. The molecule has 2 aromatic carbocycles. The lowest BCUT2D eigenvalue weighted by Gasteiger charge is -2.31. The molecule has 142 valence electrons. The third kappa shape index (κ3) is 4.05. The van der Waals surface area contributed by atoms with Gasteiger partial charge in [0.15, 0.2) is 0 Å². The molecule has 1 N–H and O–H groups in total. The molecule has 1 aliphatic heterocycles. The molecule has 0 unspecified atom stereocenters. The van der Waals surface area contributed by atoms with E-state index in [1.54, 1.807) is 0 Å². The highest BCUT2D eigenvalue weighted by Gasteiger charge is 2.25. The Labute approximate surface area is 161 Å². The molecule has 2 amide bonds. The van der Waals surface area contributed by atoms with Gasteiger partial charge in [0.2, 0.25) is 5.91 Å². The summed E-state index contributed by atoms with van der Waals surface area (Å²) < 4.78 is 0. The Kier molecular flexibility index (Phi) is 5.36. The molecular formula is C23H28N2O2. The first-order valence-electron chi connectivity index (χ1n) is 9.58. The van der Waals surface area contributed by atoms with Crippen LogP contribution in [0.25, 0.3) is 0 Å². The van der Waals surface area contributed by atoms with Gasteiger partial charge in [-0.3, -0.25) is 9.59 Å². The van der Waals surface area contributed by atoms with E-state index < -0.39 is 0 Å². The van der Waals surface area contributed by atoms with Crippen molar-refractivity contribution >= 4 is 23.2 Å². The van der Waals surface area contributed by atoms with E-state index in [4.69, 9.17) is 0 Å². The number of rotatable bonds is 4. The Morgan fingerprint density at radius 3 is 2.37 bits per heavy atom. The first-order chi connectivity index (χ1) is 12.8. The van der Waals surface area contributed by atoms with Crippen LogP contribution in [0.1, 0.15) is 52.9 Å². The van der Waals surface area contributed by atoms with Crippen molar-refractivity contribution < 1.29 is 9.59 Å². The summed E-state index contributed by atoms with van der Waals surface area (Å²) in [6.45, 7) is 10.9. The fourth-order valence-electron chi connectivity index (χ4n) is 3.93. The van der Waals surface area contributed by atoms with Crippen LogP contribution in [0.15, 0.2) is 30.3 Å². The van der Waals surface area contributed by atoms with Crippen LogP contribution >= 0.6 is 0 Å². The summed E-state index contributed by atoms with van der Waals surface area (Å²) in [4.78, 5) is 27.0. The van der Waals surface area contributed by atoms with E-state index in [2.05, 4.69) is 19.2 Å². The maximum Gasteiger partial charge on any atom is 0.256 e. The van der Waals surface area contributed by atoms with Crippen molar-refractivity contribution in [2.45, 2.75) is 47.5 Å². The summed E-state index contributed by atoms with van der Waals surface area (Å²) in [5.41, 5.74) is 6.72. The Morgan fingerprint density at radius 2 is 1.74 bits per heavy atom. The molecule has 1 aliphatic rings. The average molecular weight is 364 g/mol. The monoisotopic (exact) mass is 364 g/mol. The molecule has 0 saturated heterocycles. The lowest BCUT2D eigenvalue weighted by molar-refractivity contribution is -0.119. The average Bonchev–Trinajstić information content (AvgIpc) is 2.56. The van der Waals surface area contributed by atoms with Crippen LogP contribution < -0.4 is 10.2 Å². The van der Waals surface area contributed by atoms with Crippen molar-refractivity contribution in [3.05, 3.63) is 58.1 Å². The zero-order chi connectivity index (χ0) is 19.7.